The van der Waals surface area contributed by atoms with Crippen molar-refractivity contribution in [2.45, 2.75) is 13.5 Å². The fourth-order valence-electron chi connectivity index (χ4n) is 1.54. The third-order valence-electron chi connectivity index (χ3n) is 2.75. The predicted octanol–water partition coefficient (Wildman–Crippen LogP) is 2.39. The molecule has 1 amide bonds. The second-order valence-corrected chi connectivity index (χ2v) is 4.20. The molecule has 0 fully saturated rings. The van der Waals surface area contributed by atoms with E-state index in [1.54, 1.807) is 0 Å². The van der Waals surface area contributed by atoms with Crippen molar-refractivity contribution in [2.24, 2.45) is 0 Å². The van der Waals surface area contributed by atoms with Gasteiger partial charge in [-0.3, -0.25) is 4.79 Å². The van der Waals surface area contributed by atoms with E-state index in [9.17, 15) is 4.79 Å². The summed E-state index contributed by atoms with van der Waals surface area (Å²) in [6.45, 7) is 9.80. The topological polar surface area (TPSA) is 50.4 Å². The van der Waals surface area contributed by atoms with Crippen LogP contribution in [0, 0.1) is 6.92 Å². The minimum atomic E-state index is -0.366. The van der Waals surface area contributed by atoms with Gasteiger partial charge in [0.15, 0.2) is 5.76 Å². The monoisotopic (exact) mass is 272 g/mol. The SMILES string of the molecule is C=CC(=C)NC(=O)/C(=C\NCc1ccccc1C)OC. The smallest absolute Gasteiger partial charge is 0.292 e. The van der Waals surface area contributed by atoms with Gasteiger partial charge >= 0.3 is 0 Å². The van der Waals surface area contributed by atoms with E-state index in [0.29, 0.717) is 12.2 Å². The number of carbonyl (C=O) groups is 1. The molecule has 0 unspecified atom stereocenters. The van der Waals surface area contributed by atoms with Gasteiger partial charge in [-0.1, -0.05) is 37.4 Å². The Morgan fingerprint density at radius 1 is 1.40 bits per heavy atom. The van der Waals surface area contributed by atoms with Gasteiger partial charge in [0.05, 0.1) is 7.11 Å². The first-order valence-corrected chi connectivity index (χ1v) is 6.23. The number of hydrogen-bond donors (Lipinski definition) is 2. The first kappa shape index (κ1) is 15.6. The van der Waals surface area contributed by atoms with Crippen LogP contribution >= 0.6 is 0 Å². The number of rotatable bonds is 7. The van der Waals surface area contributed by atoms with Crippen LogP contribution in [-0.4, -0.2) is 13.0 Å². The minimum absolute atomic E-state index is 0.182. The highest BCUT2D eigenvalue weighted by Crippen LogP contribution is 2.06. The van der Waals surface area contributed by atoms with Crippen LogP contribution in [0.1, 0.15) is 11.1 Å². The number of allylic oxidation sites excluding steroid dienone is 1. The fourth-order valence-corrected chi connectivity index (χ4v) is 1.54. The first-order valence-electron chi connectivity index (χ1n) is 6.23. The Morgan fingerprint density at radius 2 is 2.10 bits per heavy atom. The number of benzene rings is 1. The summed E-state index contributed by atoms with van der Waals surface area (Å²) in [6.07, 6.45) is 3.00. The Morgan fingerprint density at radius 3 is 2.70 bits per heavy atom. The molecule has 106 valence electrons. The van der Waals surface area contributed by atoms with E-state index in [-0.39, 0.29) is 11.7 Å². The lowest BCUT2D eigenvalue weighted by Gasteiger charge is -2.09. The summed E-state index contributed by atoms with van der Waals surface area (Å²) in [7, 11) is 1.44. The van der Waals surface area contributed by atoms with Crippen LogP contribution in [0.5, 0.6) is 0 Å². The van der Waals surface area contributed by atoms with Gasteiger partial charge in [-0.15, -0.1) is 0 Å². The quantitative estimate of drug-likeness (QED) is 0.455. The van der Waals surface area contributed by atoms with Gasteiger partial charge in [0.2, 0.25) is 0 Å². The largest absolute Gasteiger partial charge is 0.490 e. The second-order valence-electron chi connectivity index (χ2n) is 4.20. The Labute approximate surface area is 119 Å². The summed E-state index contributed by atoms with van der Waals surface area (Å²) in [5.74, 6) is -0.184. The molecule has 0 aliphatic heterocycles. The molecule has 0 saturated heterocycles. The summed E-state index contributed by atoms with van der Waals surface area (Å²) in [4.78, 5) is 11.8. The highest BCUT2D eigenvalue weighted by Gasteiger charge is 2.09. The van der Waals surface area contributed by atoms with Crippen LogP contribution < -0.4 is 10.6 Å². The number of aryl methyl sites for hydroxylation is 1. The molecule has 1 aromatic carbocycles. The molecule has 0 spiro atoms. The lowest BCUT2D eigenvalue weighted by Crippen LogP contribution is -2.25. The maximum Gasteiger partial charge on any atom is 0.292 e. The number of hydrogen-bond acceptors (Lipinski definition) is 3. The van der Waals surface area contributed by atoms with Gasteiger partial charge < -0.3 is 15.4 Å². The summed E-state index contributed by atoms with van der Waals surface area (Å²) in [5.41, 5.74) is 2.78. The molecule has 0 radical (unpaired) electrons. The van der Waals surface area contributed by atoms with Gasteiger partial charge in [-0.25, -0.2) is 0 Å². The molecule has 0 heterocycles. The average Bonchev–Trinajstić information content (AvgIpc) is 2.45. The van der Waals surface area contributed by atoms with E-state index in [0.717, 1.165) is 5.56 Å². The molecule has 1 aromatic rings. The van der Waals surface area contributed by atoms with Gasteiger partial charge in [0.1, 0.15) is 0 Å². The summed E-state index contributed by atoms with van der Waals surface area (Å²) in [6, 6.07) is 8.04. The van der Waals surface area contributed by atoms with E-state index < -0.39 is 0 Å². The maximum absolute atomic E-state index is 11.8. The number of nitrogens with one attached hydrogen (secondary N) is 2. The van der Waals surface area contributed by atoms with Crippen LogP contribution in [0.2, 0.25) is 0 Å². The van der Waals surface area contributed by atoms with Gasteiger partial charge in [0.25, 0.3) is 5.91 Å². The lowest BCUT2D eigenvalue weighted by atomic mass is 10.1. The highest BCUT2D eigenvalue weighted by molar-refractivity contribution is 5.92. The molecule has 2 N–H and O–H groups in total. The summed E-state index contributed by atoms with van der Waals surface area (Å²) in [5, 5.41) is 5.62. The van der Waals surface area contributed by atoms with Crippen LogP contribution in [-0.2, 0) is 16.1 Å². The van der Waals surface area contributed by atoms with Crippen molar-refractivity contribution in [3.05, 3.63) is 72.3 Å². The Kier molecular flexibility index (Phi) is 6.10. The highest BCUT2D eigenvalue weighted by atomic mass is 16.5. The lowest BCUT2D eigenvalue weighted by molar-refractivity contribution is -0.119. The maximum atomic E-state index is 11.8. The second kappa shape index (κ2) is 7.84. The van der Waals surface area contributed by atoms with E-state index in [1.165, 1.54) is 24.9 Å². The Bertz CT molecular complexity index is 533. The van der Waals surface area contributed by atoms with Gasteiger partial charge in [0, 0.05) is 18.4 Å². The molecule has 4 nitrogen and oxygen atoms in total. The zero-order valence-electron chi connectivity index (χ0n) is 11.9. The molecule has 0 aliphatic carbocycles. The number of carbonyl (C=O) groups excluding carboxylic acids is 1. The zero-order chi connectivity index (χ0) is 15.0. The van der Waals surface area contributed by atoms with Crippen LogP contribution in [0.3, 0.4) is 0 Å². The number of amides is 1. The molecular formula is C16H20N2O2. The van der Waals surface area contributed by atoms with E-state index >= 15 is 0 Å². The van der Waals surface area contributed by atoms with Crippen molar-refractivity contribution < 1.29 is 9.53 Å². The molecule has 20 heavy (non-hydrogen) atoms. The van der Waals surface area contributed by atoms with Crippen molar-refractivity contribution in [1.82, 2.24) is 10.6 Å². The fraction of sp³-hybridized carbons (Fsp3) is 0.188. The van der Waals surface area contributed by atoms with Crippen LogP contribution in [0.4, 0.5) is 0 Å². The van der Waals surface area contributed by atoms with Gasteiger partial charge in [-0.05, 0) is 24.1 Å². The standard InChI is InChI=1S/C16H20N2O2/c1-5-13(3)18-16(19)15(20-4)11-17-10-14-9-7-6-8-12(14)2/h5-9,11,17H,1,3,10H2,2,4H3,(H,18,19)/b15-11+. The third kappa shape index (κ3) is 4.65. The van der Waals surface area contributed by atoms with Crippen molar-refractivity contribution in [3.8, 4) is 0 Å². The Balaban J connectivity index is 2.62. The number of methoxy groups -OCH3 is 1. The average molecular weight is 272 g/mol. The number of ether oxygens (including phenoxy) is 1. The molecule has 0 aliphatic rings. The normalized spacial score (nSPS) is 10.6. The van der Waals surface area contributed by atoms with E-state index in [1.807, 2.05) is 31.2 Å². The molecule has 0 bridgehead atoms. The van der Waals surface area contributed by atoms with Crippen molar-refractivity contribution in [3.63, 3.8) is 0 Å². The zero-order valence-corrected chi connectivity index (χ0v) is 11.9. The minimum Gasteiger partial charge on any atom is -0.490 e. The van der Waals surface area contributed by atoms with Crippen molar-refractivity contribution in [2.75, 3.05) is 7.11 Å². The van der Waals surface area contributed by atoms with Gasteiger partial charge in [-0.2, -0.15) is 0 Å². The summed E-state index contributed by atoms with van der Waals surface area (Å²) >= 11 is 0. The summed E-state index contributed by atoms with van der Waals surface area (Å²) < 4.78 is 5.04. The molecule has 4 heteroatoms. The van der Waals surface area contributed by atoms with E-state index in [4.69, 9.17) is 4.74 Å². The van der Waals surface area contributed by atoms with Crippen LogP contribution in [0.25, 0.3) is 0 Å². The van der Waals surface area contributed by atoms with Crippen LogP contribution in [0.15, 0.2) is 61.2 Å². The third-order valence-corrected chi connectivity index (χ3v) is 2.75. The van der Waals surface area contributed by atoms with E-state index in [2.05, 4.69) is 23.8 Å². The van der Waals surface area contributed by atoms with Crippen molar-refractivity contribution in [1.29, 1.82) is 0 Å². The molecule has 0 atom stereocenters. The molecule has 0 saturated carbocycles. The molecule has 1 rings (SSSR count). The predicted molar refractivity (Wildman–Crippen MR) is 80.6 cm³/mol. The first-order chi connectivity index (χ1) is 9.58. The van der Waals surface area contributed by atoms with Crippen molar-refractivity contribution >= 4 is 5.91 Å². The Hall–Kier alpha value is -2.49. The molecule has 0 aromatic heterocycles. The molecular weight excluding hydrogens is 252 g/mol.